The summed E-state index contributed by atoms with van der Waals surface area (Å²) in [5.74, 6) is 0.846. The number of amides is 2. The molecule has 1 saturated heterocycles. The minimum Gasteiger partial charge on any atom is -0.335 e. The fourth-order valence-corrected chi connectivity index (χ4v) is 4.56. The van der Waals surface area contributed by atoms with Gasteiger partial charge >= 0.3 is 6.03 Å². The van der Waals surface area contributed by atoms with Crippen molar-refractivity contribution in [3.63, 3.8) is 0 Å². The van der Waals surface area contributed by atoms with Crippen LogP contribution in [0.4, 0.5) is 10.5 Å². The topological polar surface area (TPSA) is 44.4 Å². The Morgan fingerprint density at radius 3 is 2.47 bits per heavy atom. The lowest BCUT2D eigenvalue weighted by molar-refractivity contribution is 0.139. The first-order chi connectivity index (χ1) is 14.3. The fourth-order valence-electron chi connectivity index (χ4n) is 4.24. The van der Waals surface area contributed by atoms with Gasteiger partial charge in [-0.3, -0.25) is 4.90 Å². The third kappa shape index (κ3) is 6.37. The Morgan fingerprint density at radius 2 is 1.83 bits per heavy atom. The number of piperidine rings is 1. The van der Waals surface area contributed by atoms with E-state index < -0.39 is 0 Å². The number of nitrogens with one attached hydrogen (secondary N) is 2. The van der Waals surface area contributed by atoms with Crippen molar-refractivity contribution in [2.75, 3.05) is 18.4 Å². The van der Waals surface area contributed by atoms with E-state index in [9.17, 15) is 4.79 Å². The first-order valence-corrected chi connectivity index (χ1v) is 11.4. The zero-order valence-corrected chi connectivity index (χ0v) is 19.4. The summed E-state index contributed by atoms with van der Waals surface area (Å²) in [7, 11) is 0. The number of likely N-dealkylation sites (tertiary alicyclic amines) is 1. The number of hydrogen-bond acceptors (Lipinski definition) is 2. The Balaban J connectivity index is 1.53. The summed E-state index contributed by atoms with van der Waals surface area (Å²) >= 11 is 12.2. The van der Waals surface area contributed by atoms with E-state index in [4.69, 9.17) is 23.2 Å². The minimum atomic E-state index is -0.127. The molecule has 1 aliphatic rings. The molecule has 2 aromatic rings. The Morgan fingerprint density at radius 1 is 1.10 bits per heavy atom. The smallest absolute Gasteiger partial charge is 0.319 e. The zero-order valence-electron chi connectivity index (χ0n) is 17.9. The van der Waals surface area contributed by atoms with Crippen LogP contribution in [-0.2, 0) is 6.54 Å². The van der Waals surface area contributed by atoms with E-state index in [0.717, 1.165) is 43.7 Å². The molecule has 1 unspecified atom stereocenters. The number of rotatable bonds is 6. The number of urea groups is 1. The van der Waals surface area contributed by atoms with Gasteiger partial charge in [0.2, 0.25) is 0 Å². The number of halogens is 2. The molecule has 1 aliphatic heterocycles. The van der Waals surface area contributed by atoms with Crippen LogP contribution in [0.5, 0.6) is 0 Å². The number of anilines is 1. The number of hydrogen-bond donors (Lipinski definition) is 2. The third-order valence-electron chi connectivity index (χ3n) is 5.82. The molecular formula is C24H31Cl2N3O. The maximum Gasteiger partial charge on any atom is 0.319 e. The summed E-state index contributed by atoms with van der Waals surface area (Å²) < 4.78 is 0. The van der Waals surface area contributed by atoms with Gasteiger partial charge in [0.1, 0.15) is 0 Å². The number of benzene rings is 2. The number of nitrogens with zero attached hydrogens (tertiary/aromatic N) is 1. The SMILES string of the molecule is Cc1cccc(NC(=O)NC(C(C)C)C2CCN(Cc3ccc(Cl)c(Cl)c3)CC2)c1. The second-order valence-electron chi connectivity index (χ2n) is 8.60. The van der Waals surface area contributed by atoms with Crippen molar-refractivity contribution in [1.29, 1.82) is 0 Å². The molecule has 1 heterocycles. The van der Waals surface area contributed by atoms with Crippen LogP contribution in [0.1, 0.15) is 37.8 Å². The Bertz CT molecular complexity index is 863. The van der Waals surface area contributed by atoms with Crippen molar-refractivity contribution in [2.24, 2.45) is 11.8 Å². The Hall–Kier alpha value is -1.75. The van der Waals surface area contributed by atoms with E-state index >= 15 is 0 Å². The highest BCUT2D eigenvalue weighted by Gasteiger charge is 2.29. The molecule has 162 valence electrons. The predicted octanol–water partition coefficient (Wildman–Crippen LogP) is 6.36. The Kier molecular flexibility index (Phi) is 8.04. The van der Waals surface area contributed by atoms with Crippen molar-refractivity contribution in [1.82, 2.24) is 10.2 Å². The molecule has 2 aromatic carbocycles. The van der Waals surface area contributed by atoms with E-state index in [1.807, 2.05) is 49.4 Å². The van der Waals surface area contributed by atoms with E-state index in [-0.39, 0.29) is 12.1 Å². The summed E-state index contributed by atoms with van der Waals surface area (Å²) in [6, 6.07) is 13.7. The molecule has 6 heteroatoms. The minimum absolute atomic E-state index is 0.127. The van der Waals surface area contributed by atoms with Crippen molar-refractivity contribution in [3.05, 3.63) is 63.6 Å². The summed E-state index contributed by atoms with van der Waals surface area (Å²) in [5, 5.41) is 7.40. The van der Waals surface area contributed by atoms with Gasteiger partial charge in [-0.25, -0.2) is 4.79 Å². The lowest BCUT2D eigenvalue weighted by Gasteiger charge is -2.38. The number of aryl methyl sites for hydroxylation is 1. The van der Waals surface area contributed by atoms with E-state index in [1.54, 1.807) is 0 Å². The highest BCUT2D eigenvalue weighted by Crippen LogP contribution is 2.28. The van der Waals surface area contributed by atoms with Crippen LogP contribution in [-0.4, -0.2) is 30.1 Å². The first kappa shape index (κ1) is 22.9. The second-order valence-corrected chi connectivity index (χ2v) is 9.41. The standard InChI is InChI=1S/C24H31Cl2N3O/c1-16(2)23(28-24(30)27-20-6-4-5-17(3)13-20)19-9-11-29(12-10-19)15-18-7-8-21(25)22(26)14-18/h4-8,13-14,16,19,23H,9-12,15H2,1-3H3,(H2,27,28,30). The van der Waals surface area contributed by atoms with Gasteiger partial charge in [-0.05, 0) is 80.1 Å². The first-order valence-electron chi connectivity index (χ1n) is 10.6. The maximum absolute atomic E-state index is 12.6. The molecule has 1 fully saturated rings. The van der Waals surface area contributed by atoms with Crippen LogP contribution in [0.2, 0.25) is 10.0 Å². The van der Waals surface area contributed by atoms with Crippen LogP contribution in [0.25, 0.3) is 0 Å². The molecule has 0 aromatic heterocycles. The van der Waals surface area contributed by atoms with Crippen LogP contribution in [0.3, 0.4) is 0 Å². The molecule has 2 N–H and O–H groups in total. The fraction of sp³-hybridized carbons (Fsp3) is 0.458. The van der Waals surface area contributed by atoms with E-state index in [0.29, 0.717) is 21.9 Å². The molecule has 0 bridgehead atoms. The second kappa shape index (κ2) is 10.5. The lowest BCUT2D eigenvalue weighted by atomic mass is 9.83. The van der Waals surface area contributed by atoms with Gasteiger partial charge in [-0.2, -0.15) is 0 Å². The van der Waals surface area contributed by atoms with Gasteiger partial charge in [0.25, 0.3) is 0 Å². The molecule has 0 saturated carbocycles. The van der Waals surface area contributed by atoms with Gasteiger partial charge in [-0.1, -0.05) is 55.2 Å². The zero-order chi connectivity index (χ0) is 21.7. The van der Waals surface area contributed by atoms with Gasteiger partial charge in [-0.15, -0.1) is 0 Å². The van der Waals surface area contributed by atoms with Crippen LogP contribution >= 0.6 is 23.2 Å². The van der Waals surface area contributed by atoms with Gasteiger partial charge in [0, 0.05) is 18.3 Å². The molecular weight excluding hydrogens is 417 g/mol. The monoisotopic (exact) mass is 447 g/mol. The van der Waals surface area contributed by atoms with Crippen molar-refractivity contribution >= 4 is 34.9 Å². The van der Waals surface area contributed by atoms with Gasteiger partial charge < -0.3 is 10.6 Å². The molecule has 4 nitrogen and oxygen atoms in total. The van der Waals surface area contributed by atoms with E-state index in [1.165, 1.54) is 5.56 Å². The predicted molar refractivity (Wildman–Crippen MR) is 126 cm³/mol. The normalized spacial score (nSPS) is 16.5. The Labute approximate surface area is 189 Å². The largest absolute Gasteiger partial charge is 0.335 e. The van der Waals surface area contributed by atoms with Crippen molar-refractivity contribution in [2.45, 2.75) is 46.2 Å². The number of carbonyl (C=O) groups excluding carboxylic acids is 1. The number of carbonyl (C=O) groups is 1. The van der Waals surface area contributed by atoms with Crippen LogP contribution in [0.15, 0.2) is 42.5 Å². The van der Waals surface area contributed by atoms with Crippen molar-refractivity contribution in [3.8, 4) is 0 Å². The molecule has 3 rings (SSSR count). The maximum atomic E-state index is 12.6. The average Bonchev–Trinajstić information content (AvgIpc) is 2.69. The summed E-state index contributed by atoms with van der Waals surface area (Å²) in [5.41, 5.74) is 3.13. The molecule has 0 radical (unpaired) electrons. The van der Waals surface area contributed by atoms with Crippen molar-refractivity contribution < 1.29 is 4.79 Å². The molecule has 0 aliphatic carbocycles. The third-order valence-corrected chi connectivity index (χ3v) is 6.56. The van der Waals surface area contributed by atoms with Crippen LogP contribution in [0, 0.1) is 18.8 Å². The highest BCUT2D eigenvalue weighted by atomic mass is 35.5. The molecule has 2 amide bonds. The van der Waals surface area contributed by atoms with Gasteiger partial charge in [0.05, 0.1) is 10.0 Å². The summed E-state index contributed by atoms with van der Waals surface area (Å²) in [6.07, 6.45) is 2.13. The lowest BCUT2D eigenvalue weighted by Crippen LogP contribution is -2.49. The van der Waals surface area contributed by atoms with E-state index in [2.05, 4.69) is 29.4 Å². The molecule has 1 atom stereocenters. The summed E-state index contributed by atoms with van der Waals surface area (Å²) in [4.78, 5) is 15.0. The summed E-state index contributed by atoms with van der Waals surface area (Å²) in [6.45, 7) is 9.27. The highest BCUT2D eigenvalue weighted by molar-refractivity contribution is 6.42. The molecule has 30 heavy (non-hydrogen) atoms. The molecule has 0 spiro atoms. The quantitative estimate of drug-likeness (QED) is 0.540. The van der Waals surface area contributed by atoms with Gasteiger partial charge in [0.15, 0.2) is 0 Å². The average molecular weight is 448 g/mol. The van der Waals surface area contributed by atoms with Crippen LogP contribution < -0.4 is 10.6 Å².